The number of hydrogen-bond donors (Lipinski definition) is 2. The Morgan fingerprint density at radius 1 is 1.67 bits per heavy atom. The highest BCUT2D eigenvalue weighted by Gasteiger charge is 1.69. The predicted molar refractivity (Wildman–Crippen MR) is 39.6 cm³/mol. The summed E-state index contributed by atoms with van der Waals surface area (Å²) in [7, 11) is 1.70. The standard InChI is InChI=1S/C3H8O.C2H4N2S/c1-3(2)4;1-4-5-2-3/h3-4H,1-2H3;4H,1H3. The van der Waals surface area contributed by atoms with Gasteiger partial charge in [-0.3, -0.25) is 4.72 Å². The zero-order chi connectivity index (χ0) is 7.70. The number of nitriles is 1. The number of rotatable bonds is 1. The minimum Gasteiger partial charge on any atom is -0.394 e. The lowest BCUT2D eigenvalue weighted by atomic mass is 10.5. The highest BCUT2D eigenvalue weighted by atomic mass is 32.2. The van der Waals surface area contributed by atoms with Crippen LogP contribution in [0.15, 0.2) is 0 Å². The first-order valence-corrected chi connectivity index (χ1v) is 3.36. The van der Waals surface area contributed by atoms with Crippen molar-refractivity contribution in [1.29, 1.82) is 5.26 Å². The van der Waals surface area contributed by atoms with Gasteiger partial charge in [0.2, 0.25) is 0 Å². The second kappa shape index (κ2) is 10.7. The Morgan fingerprint density at radius 3 is 2.00 bits per heavy atom. The molecule has 0 heterocycles. The van der Waals surface area contributed by atoms with Gasteiger partial charge in [0.25, 0.3) is 0 Å². The average Bonchev–Trinajstić information content (AvgIpc) is 1.66. The minimum atomic E-state index is -0.167. The van der Waals surface area contributed by atoms with E-state index in [9.17, 15) is 0 Å². The predicted octanol–water partition coefficient (Wildman–Crippen LogP) is 0.722. The molecule has 0 aromatic rings. The number of aliphatic hydroxyl groups excluding tert-OH is 1. The maximum atomic E-state index is 8.06. The van der Waals surface area contributed by atoms with E-state index >= 15 is 0 Å². The first-order valence-electron chi connectivity index (χ1n) is 2.54. The number of thiocyanates is 1. The molecule has 0 spiro atoms. The van der Waals surface area contributed by atoms with Crippen molar-refractivity contribution in [1.82, 2.24) is 4.72 Å². The smallest absolute Gasteiger partial charge is 0.149 e. The van der Waals surface area contributed by atoms with Gasteiger partial charge in [-0.2, -0.15) is 5.26 Å². The third-order valence-electron chi connectivity index (χ3n) is 0.148. The van der Waals surface area contributed by atoms with Gasteiger partial charge in [-0.1, -0.05) is 0 Å². The molecule has 0 atom stereocenters. The Morgan fingerprint density at radius 2 is 2.00 bits per heavy atom. The minimum absolute atomic E-state index is 0.167. The highest BCUT2D eigenvalue weighted by molar-refractivity contribution is 8.01. The van der Waals surface area contributed by atoms with E-state index in [-0.39, 0.29) is 6.10 Å². The van der Waals surface area contributed by atoms with Crippen LogP contribution in [0.3, 0.4) is 0 Å². The first kappa shape index (κ1) is 11.5. The van der Waals surface area contributed by atoms with Crippen molar-refractivity contribution in [3.05, 3.63) is 0 Å². The Bertz CT molecular complexity index is 76.8. The van der Waals surface area contributed by atoms with Crippen LogP contribution in [0.5, 0.6) is 0 Å². The van der Waals surface area contributed by atoms with Crippen LogP contribution in [0.25, 0.3) is 0 Å². The lowest BCUT2D eigenvalue weighted by Crippen LogP contribution is -1.85. The summed E-state index contributed by atoms with van der Waals surface area (Å²) in [5, 5.41) is 17.6. The molecule has 54 valence electrons. The molecule has 0 rings (SSSR count). The van der Waals surface area contributed by atoms with Gasteiger partial charge in [0.15, 0.2) is 0 Å². The summed E-state index contributed by atoms with van der Waals surface area (Å²) in [6, 6.07) is 0. The van der Waals surface area contributed by atoms with Crippen molar-refractivity contribution >= 4 is 11.9 Å². The van der Waals surface area contributed by atoms with E-state index in [2.05, 4.69) is 4.72 Å². The third kappa shape index (κ3) is 83.1. The van der Waals surface area contributed by atoms with Crippen LogP contribution in [0.2, 0.25) is 0 Å². The fourth-order valence-corrected chi connectivity index (χ4v) is 0.137. The summed E-state index contributed by atoms with van der Waals surface area (Å²) in [6.07, 6.45) is -0.167. The van der Waals surface area contributed by atoms with Gasteiger partial charge in [-0.15, -0.1) is 0 Å². The molecule has 9 heavy (non-hydrogen) atoms. The first-order chi connectivity index (χ1) is 4.15. The van der Waals surface area contributed by atoms with Crippen molar-refractivity contribution in [2.24, 2.45) is 0 Å². The van der Waals surface area contributed by atoms with E-state index in [0.717, 1.165) is 11.9 Å². The summed E-state index contributed by atoms with van der Waals surface area (Å²) >= 11 is 1.02. The lowest BCUT2D eigenvalue weighted by molar-refractivity contribution is 0.216. The van der Waals surface area contributed by atoms with Crippen LogP contribution < -0.4 is 4.72 Å². The van der Waals surface area contributed by atoms with E-state index in [1.807, 2.05) is 5.40 Å². The molecule has 0 aliphatic heterocycles. The van der Waals surface area contributed by atoms with E-state index in [1.165, 1.54) is 0 Å². The van der Waals surface area contributed by atoms with Crippen LogP contribution in [-0.2, 0) is 0 Å². The van der Waals surface area contributed by atoms with Gasteiger partial charge in [0.05, 0.1) is 0 Å². The van der Waals surface area contributed by atoms with E-state index in [4.69, 9.17) is 10.4 Å². The molecule has 0 fully saturated rings. The molecular weight excluding hydrogens is 136 g/mol. The molecule has 0 radical (unpaired) electrons. The second-order valence-electron chi connectivity index (χ2n) is 1.49. The molecule has 0 amide bonds. The Balaban J connectivity index is 0. The summed E-state index contributed by atoms with van der Waals surface area (Å²) in [5.41, 5.74) is 0. The molecule has 0 saturated carbocycles. The van der Waals surface area contributed by atoms with Crippen LogP contribution in [0, 0.1) is 10.7 Å². The van der Waals surface area contributed by atoms with Gasteiger partial charge in [-0.25, -0.2) is 0 Å². The quantitative estimate of drug-likeness (QED) is 0.425. The molecular formula is C5H12N2OS. The molecule has 4 heteroatoms. The normalized spacial score (nSPS) is 7.56. The summed E-state index contributed by atoms with van der Waals surface area (Å²) < 4.78 is 2.57. The topological polar surface area (TPSA) is 56.0 Å². The third-order valence-corrected chi connectivity index (χ3v) is 0.443. The van der Waals surface area contributed by atoms with Crippen LogP contribution >= 0.6 is 11.9 Å². The van der Waals surface area contributed by atoms with Gasteiger partial charge in [0.1, 0.15) is 5.40 Å². The van der Waals surface area contributed by atoms with E-state index in [1.54, 1.807) is 20.9 Å². The molecule has 0 saturated heterocycles. The van der Waals surface area contributed by atoms with Crippen molar-refractivity contribution in [3.63, 3.8) is 0 Å². The van der Waals surface area contributed by atoms with Crippen LogP contribution in [-0.4, -0.2) is 18.3 Å². The van der Waals surface area contributed by atoms with Crippen molar-refractivity contribution in [2.45, 2.75) is 20.0 Å². The van der Waals surface area contributed by atoms with Gasteiger partial charge < -0.3 is 5.11 Å². The fraction of sp³-hybridized carbons (Fsp3) is 0.800. The second-order valence-corrected chi connectivity index (χ2v) is 2.29. The molecule has 0 aromatic heterocycles. The van der Waals surface area contributed by atoms with Gasteiger partial charge >= 0.3 is 0 Å². The van der Waals surface area contributed by atoms with E-state index in [0.29, 0.717) is 0 Å². The Kier molecular flexibility index (Phi) is 13.7. The summed E-state index contributed by atoms with van der Waals surface area (Å²) in [4.78, 5) is 0. The summed E-state index contributed by atoms with van der Waals surface area (Å²) in [5.74, 6) is 0. The largest absolute Gasteiger partial charge is 0.394 e. The highest BCUT2D eigenvalue weighted by Crippen LogP contribution is 1.78. The maximum Gasteiger partial charge on any atom is 0.149 e. The van der Waals surface area contributed by atoms with E-state index < -0.39 is 0 Å². The molecule has 3 nitrogen and oxygen atoms in total. The van der Waals surface area contributed by atoms with Crippen LogP contribution in [0.4, 0.5) is 0 Å². The number of nitrogens with zero attached hydrogens (tertiary/aromatic N) is 1. The van der Waals surface area contributed by atoms with Crippen LogP contribution in [0.1, 0.15) is 13.8 Å². The molecule has 2 N–H and O–H groups in total. The molecule has 0 aliphatic rings. The molecule has 0 aromatic carbocycles. The van der Waals surface area contributed by atoms with Gasteiger partial charge in [0, 0.05) is 18.1 Å². The van der Waals surface area contributed by atoms with Crippen molar-refractivity contribution < 1.29 is 5.11 Å². The molecule has 0 aliphatic carbocycles. The zero-order valence-electron chi connectivity index (χ0n) is 5.88. The van der Waals surface area contributed by atoms with Crippen molar-refractivity contribution in [2.75, 3.05) is 7.05 Å². The number of hydrogen-bond acceptors (Lipinski definition) is 4. The molecule has 0 unspecified atom stereocenters. The fourth-order valence-electron chi connectivity index (χ4n) is 0.0456. The lowest BCUT2D eigenvalue weighted by Gasteiger charge is -1.80. The monoisotopic (exact) mass is 148 g/mol. The Hall–Kier alpha value is -0.240. The SMILES string of the molecule is CC(C)O.CNSC#N. The molecule has 0 bridgehead atoms. The number of nitrogens with one attached hydrogen (secondary N) is 1. The van der Waals surface area contributed by atoms with Crippen molar-refractivity contribution in [3.8, 4) is 5.40 Å². The Labute approximate surface area is 60.2 Å². The average molecular weight is 148 g/mol. The van der Waals surface area contributed by atoms with Gasteiger partial charge in [-0.05, 0) is 20.9 Å². The zero-order valence-corrected chi connectivity index (χ0v) is 6.70. The summed E-state index contributed by atoms with van der Waals surface area (Å²) in [6.45, 7) is 3.44. The number of aliphatic hydroxyl groups is 1. The maximum absolute atomic E-state index is 8.06.